The number of esters is 1. The van der Waals surface area contributed by atoms with Gasteiger partial charge in [0.1, 0.15) is 11.5 Å². The fraction of sp³-hybridized carbons (Fsp3) is 0.529. The first-order valence-corrected chi connectivity index (χ1v) is 8.46. The third-order valence-electron chi connectivity index (χ3n) is 3.93. The molecule has 2 aromatic rings. The van der Waals surface area contributed by atoms with Crippen LogP contribution in [0, 0.1) is 0 Å². The first kappa shape index (κ1) is 18.0. The molecule has 26 heavy (non-hydrogen) atoms. The number of nitrogens with zero attached hydrogens (tertiary/aromatic N) is 4. The van der Waals surface area contributed by atoms with Crippen molar-refractivity contribution in [2.45, 2.75) is 45.6 Å². The number of carbonyl (C=O) groups is 2. The Balaban J connectivity index is 2.10. The lowest BCUT2D eigenvalue weighted by molar-refractivity contribution is -0.145. The van der Waals surface area contributed by atoms with Gasteiger partial charge in [0.05, 0.1) is 24.2 Å². The second-order valence-corrected chi connectivity index (χ2v) is 7.03. The number of rotatable bonds is 2. The van der Waals surface area contributed by atoms with E-state index in [9.17, 15) is 14.7 Å². The zero-order valence-electron chi connectivity index (χ0n) is 15.2. The molecule has 0 saturated heterocycles. The van der Waals surface area contributed by atoms with Gasteiger partial charge in [0.2, 0.25) is 5.88 Å². The van der Waals surface area contributed by atoms with E-state index in [1.54, 1.807) is 27.7 Å². The van der Waals surface area contributed by atoms with E-state index in [1.807, 2.05) is 0 Å². The molecule has 9 heteroatoms. The number of ether oxygens (including phenoxy) is 2. The summed E-state index contributed by atoms with van der Waals surface area (Å²) in [5.41, 5.74) is 0.586. The Hall–Kier alpha value is -2.84. The summed E-state index contributed by atoms with van der Waals surface area (Å²) in [4.78, 5) is 30.7. The third kappa shape index (κ3) is 3.29. The van der Waals surface area contributed by atoms with Crippen molar-refractivity contribution in [1.29, 1.82) is 0 Å². The molecule has 1 N–H and O–H groups in total. The van der Waals surface area contributed by atoms with Crippen molar-refractivity contribution in [1.82, 2.24) is 14.6 Å². The van der Waals surface area contributed by atoms with Gasteiger partial charge in [-0.1, -0.05) is 0 Å². The lowest BCUT2D eigenvalue weighted by Gasteiger charge is -2.34. The largest absolute Gasteiger partial charge is 0.492 e. The van der Waals surface area contributed by atoms with Crippen molar-refractivity contribution in [3.63, 3.8) is 0 Å². The number of aromatic nitrogens is 3. The summed E-state index contributed by atoms with van der Waals surface area (Å²) in [7, 11) is 0. The average molecular weight is 362 g/mol. The summed E-state index contributed by atoms with van der Waals surface area (Å²) in [6.45, 7) is 7.61. The van der Waals surface area contributed by atoms with Crippen LogP contribution in [0.3, 0.4) is 0 Å². The molecule has 1 aliphatic rings. The van der Waals surface area contributed by atoms with Crippen LogP contribution in [0.15, 0.2) is 12.3 Å². The molecule has 1 amide bonds. The van der Waals surface area contributed by atoms with Crippen molar-refractivity contribution < 1.29 is 24.2 Å². The van der Waals surface area contributed by atoms with Crippen LogP contribution in [-0.2, 0) is 14.3 Å². The molecule has 9 nitrogen and oxygen atoms in total. The minimum atomic E-state index is -0.656. The first-order valence-electron chi connectivity index (χ1n) is 8.46. The van der Waals surface area contributed by atoms with Crippen LogP contribution in [0.25, 0.3) is 5.65 Å². The second kappa shape index (κ2) is 6.47. The number of fused-ring (bicyclic) bond motifs is 3. The van der Waals surface area contributed by atoms with Gasteiger partial charge in [-0.3, -0.25) is 9.69 Å². The van der Waals surface area contributed by atoms with Gasteiger partial charge in [-0.2, -0.15) is 0 Å². The summed E-state index contributed by atoms with van der Waals surface area (Å²) >= 11 is 0. The van der Waals surface area contributed by atoms with Crippen LogP contribution in [0.5, 0.6) is 5.88 Å². The number of hydrogen-bond acceptors (Lipinski definition) is 7. The average Bonchev–Trinajstić information content (AvgIpc) is 2.92. The molecule has 3 rings (SSSR count). The standard InChI is InChI=1S/C17H22N4O5/c1-5-25-15(23)10-6-7-20(16(24)26-17(2,3)4)11-9-18-12-8-13(22)19-21(12)14(10)11/h8-10H,5-7H2,1-4H3,(H,19,22). The number of amides is 1. The third-order valence-corrected chi connectivity index (χ3v) is 3.93. The highest BCUT2D eigenvalue weighted by Crippen LogP contribution is 2.37. The summed E-state index contributed by atoms with van der Waals surface area (Å²) in [6, 6.07) is 1.38. The van der Waals surface area contributed by atoms with Crippen molar-refractivity contribution in [2.24, 2.45) is 0 Å². The Morgan fingerprint density at radius 1 is 1.38 bits per heavy atom. The summed E-state index contributed by atoms with van der Waals surface area (Å²) in [5.74, 6) is -1.24. The van der Waals surface area contributed by atoms with Crippen LogP contribution in [0.1, 0.15) is 45.7 Å². The predicted molar refractivity (Wildman–Crippen MR) is 92.2 cm³/mol. The van der Waals surface area contributed by atoms with Crippen molar-refractivity contribution in [3.8, 4) is 5.88 Å². The van der Waals surface area contributed by atoms with E-state index in [-0.39, 0.29) is 19.0 Å². The van der Waals surface area contributed by atoms with E-state index < -0.39 is 23.6 Å². The summed E-state index contributed by atoms with van der Waals surface area (Å²) in [5, 5.41) is 13.7. The maximum atomic E-state index is 12.6. The molecule has 140 valence electrons. The minimum absolute atomic E-state index is 0.220. The molecule has 0 radical (unpaired) electrons. The zero-order chi connectivity index (χ0) is 19.1. The van der Waals surface area contributed by atoms with E-state index in [0.717, 1.165) is 0 Å². The molecule has 0 fully saturated rings. The van der Waals surface area contributed by atoms with Crippen molar-refractivity contribution in [2.75, 3.05) is 18.1 Å². The van der Waals surface area contributed by atoms with Gasteiger partial charge in [0, 0.05) is 12.6 Å². The van der Waals surface area contributed by atoms with Crippen LogP contribution >= 0.6 is 0 Å². The first-order chi connectivity index (χ1) is 12.2. The molecule has 1 unspecified atom stereocenters. The topological polar surface area (TPSA) is 106 Å². The molecule has 0 saturated carbocycles. The maximum absolute atomic E-state index is 12.6. The zero-order valence-corrected chi connectivity index (χ0v) is 15.2. The fourth-order valence-corrected chi connectivity index (χ4v) is 2.96. The lowest BCUT2D eigenvalue weighted by Crippen LogP contribution is -2.42. The molecule has 1 aliphatic heterocycles. The number of hydrogen-bond donors (Lipinski definition) is 1. The SMILES string of the molecule is CCOC(=O)C1CCN(C(=O)OC(C)(C)C)c2cnc3cc(O)nn3c21. The van der Waals surface area contributed by atoms with Crippen LogP contribution < -0.4 is 4.90 Å². The Bertz CT molecular complexity index is 855. The van der Waals surface area contributed by atoms with Gasteiger partial charge in [-0.15, -0.1) is 5.10 Å². The molecule has 0 aromatic carbocycles. The molecule has 0 aliphatic carbocycles. The van der Waals surface area contributed by atoms with Gasteiger partial charge in [-0.05, 0) is 34.1 Å². The second-order valence-electron chi connectivity index (χ2n) is 7.03. The monoisotopic (exact) mass is 362 g/mol. The fourth-order valence-electron chi connectivity index (χ4n) is 2.96. The van der Waals surface area contributed by atoms with Gasteiger partial charge >= 0.3 is 12.1 Å². The predicted octanol–water partition coefficient (Wildman–Crippen LogP) is 2.23. The molecular weight excluding hydrogens is 340 g/mol. The smallest absolute Gasteiger partial charge is 0.414 e. The Morgan fingerprint density at radius 2 is 2.12 bits per heavy atom. The van der Waals surface area contributed by atoms with E-state index in [0.29, 0.717) is 23.4 Å². The van der Waals surface area contributed by atoms with Crippen LogP contribution in [0.2, 0.25) is 0 Å². The van der Waals surface area contributed by atoms with Crippen molar-refractivity contribution in [3.05, 3.63) is 18.0 Å². The Labute approximate surface area is 150 Å². The van der Waals surface area contributed by atoms with Crippen molar-refractivity contribution >= 4 is 23.4 Å². The minimum Gasteiger partial charge on any atom is -0.492 e. The highest BCUT2D eigenvalue weighted by Gasteiger charge is 2.38. The normalized spacial score (nSPS) is 17.1. The highest BCUT2D eigenvalue weighted by atomic mass is 16.6. The Morgan fingerprint density at radius 3 is 2.77 bits per heavy atom. The molecule has 2 aromatic heterocycles. The van der Waals surface area contributed by atoms with E-state index in [4.69, 9.17) is 9.47 Å². The number of anilines is 1. The lowest BCUT2D eigenvalue weighted by atomic mass is 9.95. The van der Waals surface area contributed by atoms with E-state index in [1.165, 1.54) is 21.7 Å². The molecular formula is C17H22N4O5. The quantitative estimate of drug-likeness (QED) is 0.816. The molecule has 1 atom stereocenters. The van der Waals surface area contributed by atoms with Gasteiger partial charge < -0.3 is 14.6 Å². The molecule has 0 bridgehead atoms. The van der Waals surface area contributed by atoms with Gasteiger partial charge in [-0.25, -0.2) is 14.3 Å². The van der Waals surface area contributed by atoms with Gasteiger partial charge in [0.25, 0.3) is 0 Å². The Kier molecular flexibility index (Phi) is 4.47. The van der Waals surface area contributed by atoms with E-state index >= 15 is 0 Å². The summed E-state index contributed by atoms with van der Waals surface area (Å²) in [6.07, 6.45) is 1.31. The van der Waals surface area contributed by atoms with E-state index in [2.05, 4.69) is 10.1 Å². The number of aromatic hydroxyl groups is 1. The highest BCUT2D eigenvalue weighted by molar-refractivity contribution is 5.92. The summed E-state index contributed by atoms with van der Waals surface area (Å²) < 4.78 is 12.0. The van der Waals surface area contributed by atoms with Crippen LogP contribution in [0.4, 0.5) is 10.5 Å². The maximum Gasteiger partial charge on any atom is 0.414 e. The molecule has 0 spiro atoms. The number of carbonyl (C=O) groups excluding carboxylic acids is 2. The van der Waals surface area contributed by atoms with Gasteiger partial charge in [0.15, 0.2) is 5.65 Å². The van der Waals surface area contributed by atoms with Crippen LogP contribution in [-0.4, -0.2) is 50.5 Å². The molecule has 3 heterocycles.